The van der Waals surface area contributed by atoms with E-state index in [1.54, 1.807) is 23.9 Å². The van der Waals surface area contributed by atoms with Gasteiger partial charge in [-0.15, -0.1) is 5.10 Å². The molecule has 3 rings (SSSR count). The minimum absolute atomic E-state index is 0.221. The molecule has 0 spiro atoms. The van der Waals surface area contributed by atoms with Crippen molar-refractivity contribution in [2.45, 2.75) is 13.0 Å². The second-order valence-electron chi connectivity index (χ2n) is 4.87. The van der Waals surface area contributed by atoms with Gasteiger partial charge in [-0.1, -0.05) is 5.21 Å². The predicted molar refractivity (Wildman–Crippen MR) is 71.0 cm³/mol. The zero-order valence-electron chi connectivity index (χ0n) is 10.9. The van der Waals surface area contributed by atoms with Crippen molar-refractivity contribution in [2.75, 3.05) is 18.4 Å². The quantitative estimate of drug-likeness (QED) is 0.880. The molecule has 1 aliphatic heterocycles. The summed E-state index contributed by atoms with van der Waals surface area (Å²) in [5.41, 5.74) is 1.37. The van der Waals surface area contributed by atoms with Crippen LogP contribution < -0.4 is 10.6 Å². The highest BCUT2D eigenvalue weighted by molar-refractivity contribution is 6.02. The third-order valence-corrected chi connectivity index (χ3v) is 3.18. The number of rotatable bonds is 3. The fourth-order valence-corrected chi connectivity index (χ4v) is 2.02. The number of hydrogen-bond donors (Lipinski definition) is 2. The van der Waals surface area contributed by atoms with E-state index in [1.165, 1.54) is 12.1 Å². The lowest BCUT2D eigenvalue weighted by Crippen LogP contribution is -2.43. The van der Waals surface area contributed by atoms with E-state index in [-0.39, 0.29) is 17.6 Å². The SMILES string of the molecule is Cc1cc(F)cc(NC(=O)c2cn(C3CNC3)nn2)c1. The molecule has 1 amide bonds. The monoisotopic (exact) mass is 275 g/mol. The van der Waals surface area contributed by atoms with Gasteiger partial charge in [0.05, 0.1) is 12.2 Å². The molecule has 0 radical (unpaired) electrons. The Morgan fingerprint density at radius 3 is 2.90 bits per heavy atom. The first-order valence-electron chi connectivity index (χ1n) is 6.33. The topological polar surface area (TPSA) is 71.8 Å². The lowest BCUT2D eigenvalue weighted by Gasteiger charge is -2.26. The van der Waals surface area contributed by atoms with Crippen LogP contribution in [0.4, 0.5) is 10.1 Å². The summed E-state index contributed by atoms with van der Waals surface area (Å²) in [6, 6.07) is 4.61. The molecule has 7 heteroatoms. The maximum atomic E-state index is 13.3. The lowest BCUT2D eigenvalue weighted by molar-refractivity contribution is 0.102. The number of aryl methyl sites for hydroxylation is 1. The second-order valence-corrected chi connectivity index (χ2v) is 4.87. The first-order valence-corrected chi connectivity index (χ1v) is 6.33. The summed E-state index contributed by atoms with van der Waals surface area (Å²) in [7, 11) is 0. The zero-order valence-corrected chi connectivity index (χ0v) is 10.9. The first-order chi connectivity index (χ1) is 9.61. The number of nitrogens with one attached hydrogen (secondary N) is 2. The van der Waals surface area contributed by atoms with Gasteiger partial charge in [0.25, 0.3) is 5.91 Å². The van der Waals surface area contributed by atoms with Crippen LogP contribution in [0, 0.1) is 12.7 Å². The number of halogens is 1. The van der Waals surface area contributed by atoms with Crippen molar-refractivity contribution in [1.82, 2.24) is 20.3 Å². The van der Waals surface area contributed by atoms with Gasteiger partial charge in [-0.05, 0) is 30.7 Å². The fourth-order valence-electron chi connectivity index (χ4n) is 2.02. The Bertz CT molecular complexity index is 630. The summed E-state index contributed by atoms with van der Waals surface area (Å²) in [5.74, 6) is -0.780. The first kappa shape index (κ1) is 12.7. The highest BCUT2D eigenvalue weighted by Crippen LogP contribution is 2.15. The number of benzene rings is 1. The molecule has 6 nitrogen and oxygen atoms in total. The predicted octanol–water partition coefficient (Wildman–Crippen LogP) is 1.12. The lowest BCUT2D eigenvalue weighted by atomic mass is 10.2. The van der Waals surface area contributed by atoms with Gasteiger partial charge < -0.3 is 10.6 Å². The fraction of sp³-hybridized carbons (Fsp3) is 0.308. The number of nitrogens with zero attached hydrogens (tertiary/aromatic N) is 3. The molecular formula is C13H14FN5O. The summed E-state index contributed by atoms with van der Waals surface area (Å²) >= 11 is 0. The van der Waals surface area contributed by atoms with Crippen molar-refractivity contribution >= 4 is 11.6 Å². The molecule has 1 aromatic heterocycles. The molecule has 2 heterocycles. The zero-order chi connectivity index (χ0) is 14.1. The number of anilines is 1. The van der Waals surface area contributed by atoms with E-state index in [4.69, 9.17) is 0 Å². The van der Waals surface area contributed by atoms with Gasteiger partial charge in [0, 0.05) is 18.8 Å². The molecule has 0 aliphatic carbocycles. The number of carbonyl (C=O) groups excluding carboxylic acids is 1. The minimum atomic E-state index is -0.395. The van der Waals surface area contributed by atoms with Crippen molar-refractivity contribution in [3.63, 3.8) is 0 Å². The van der Waals surface area contributed by atoms with E-state index < -0.39 is 5.91 Å². The third-order valence-electron chi connectivity index (χ3n) is 3.18. The number of carbonyl (C=O) groups is 1. The normalized spacial score (nSPS) is 14.9. The maximum absolute atomic E-state index is 13.3. The van der Waals surface area contributed by atoms with Crippen molar-refractivity contribution in [3.8, 4) is 0 Å². The van der Waals surface area contributed by atoms with Crippen molar-refractivity contribution in [3.05, 3.63) is 41.5 Å². The van der Waals surface area contributed by atoms with Crippen LogP contribution in [-0.2, 0) is 0 Å². The molecule has 20 heavy (non-hydrogen) atoms. The molecule has 2 aromatic rings. The Labute approximate surface area is 115 Å². The van der Waals surface area contributed by atoms with Crippen molar-refractivity contribution in [2.24, 2.45) is 0 Å². The van der Waals surface area contributed by atoms with Crippen LogP contribution in [0.15, 0.2) is 24.4 Å². The molecule has 2 N–H and O–H groups in total. The minimum Gasteiger partial charge on any atom is -0.320 e. The highest BCUT2D eigenvalue weighted by atomic mass is 19.1. The molecule has 0 atom stereocenters. The van der Waals surface area contributed by atoms with Crippen LogP contribution >= 0.6 is 0 Å². The van der Waals surface area contributed by atoms with Gasteiger partial charge in [0.15, 0.2) is 5.69 Å². The van der Waals surface area contributed by atoms with Crippen LogP contribution in [0.1, 0.15) is 22.1 Å². The van der Waals surface area contributed by atoms with Gasteiger partial charge in [-0.3, -0.25) is 4.79 Å². The molecule has 1 fully saturated rings. The van der Waals surface area contributed by atoms with E-state index in [9.17, 15) is 9.18 Å². The summed E-state index contributed by atoms with van der Waals surface area (Å²) in [5, 5.41) is 13.5. The number of aromatic nitrogens is 3. The highest BCUT2D eigenvalue weighted by Gasteiger charge is 2.21. The summed E-state index contributed by atoms with van der Waals surface area (Å²) in [6.07, 6.45) is 1.60. The maximum Gasteiger partial charge on any atom is 0.277 e. The average molecular weight is 275 g/mol. The molecule has 0 saturated carbocycles. The number of hydrogen-bond acceptors (Lipinski definition) is 4. The smallest absolute Gasteiger partial charge is 0.277 e. The van der Waals surface area contributed by atoms with Gasteiger partial charge in [-0.25, -0.2) is 9.07 Å². The van der Waals surface area contributed by atoms with Crippen LogP contribution in [0.25, 0.3) is 0 Å². The van der Waals surface area contributed by atoms with E-state index in [0.717, 1.165) is 18.7 Å². The van der Waals surface area contributed by atoms with E-state index in [2.05, 4.69) is 20.9 Å². The molecule has 0 bridgehead atoms. The molecule has 1 saturated heterocycles. The van der Waals surface area contributed by atoms with Crippen molar-refractivity contribution in [1.29, 1.82) is 0 Å². The average Bonchev–Trinajstić information content (AvgIpc) is 2.74. The third kappa shape index (κ3) is 2.53. The molecule has 0 unspecified atom stereocenters. The van der Waals surface area contributed by atoms with Gasteiger partial charge >= 0.3 is 0 Å². The molecular weight excluding hydrogens is 261 g/mol. The standard InChI is InChI=1S/C13H14FN5O/c1-8-2-9(14)4-10(3-8)16-13(20)12-7-19(18-17-12)11-5-15-6-11/h2-4,7,11,15H,5-6H2,1H3,(H,16,20). The Hall–Kier alpha value is -2.28. The largest absolute Gasteiger partial charge is 0.320 e. The summed E-state index contributed by atoms with van der Waals surface area (Å²) < 4.78 is 14.9. The van der Waals surface area contributed by atoms with Crippen LogP contribution in [0.3, 0.4) is 0 Å². The van der Waals surface area contributed by atoms with E-state index in [0.29, 0.717) is 5.69 Å². The molecule has 1 aromatic carbocycles. The number of amides is 1. The van der Waals surface area contributed by atoms with Crippen LogP contribution in [0.5, 0.6) is 0 Å². The van der Waals surface area contributed by atoms with Gasteiger partial charge in [0.1, 0.15) is 5.82 Å². The van der Waals surface area contributed by atoms with Crippen LogP contribution in [-0.4, -0.2) is 34.0 Å². The Kier molecular flexibility index (Phi) is 3.19. The Morgan fingerprint density at radius 1 is 1.45 bits per heavy atom. The summed E-state index contributed by atoms with van der Waals surface area (Å²) in [4.78, 5) is 12.0. The Morgan fingerprint density at radius 2 is 2.25 bits per heavy atom. The van der Waals surface area contributed by atoms with Gasteiger partial charge in [0.2, 0.25) is 0 Å². The second kappa shape index (κ2) is 5.01. The Balaban J connectivity index is 1.73. The molecule has 104 valence electrons. The van der Waals surface area contributed by atoms with Crippen molar-refractivity contribution < 1.29 is 9.18 Å². The van der Waals surface area contributed by atoms with Gasteiger partial charge in [-0.2, -0.15) is 0 Å². The van der Waals surface area contributed by atoms with E-state index >= 15 is 0 Å². The van der Waals surface area contributed by atoms with E-state index in [1.807, 2.05) is 0 Å². The molecule has 1 aliphatic rings. The van der Waals surface area contributed by atoms with Crippen LogP contribution in [0.2, 0.25) is 0 Å². The summed E-state index contributed by atoms with van der Waals surface area (Å²) in [6.45, 7) is 3.42.